The fourth-order valence-electron chi connectivity index (χ4n) is 1.48. The van der Waals surface area contributed by atoms with E-state index in [1.807, 2.05) is 0 Å². The van der Waals surface area contributed by atoms with Crippen molar-refractivity contribution in [2.24, 2.45) is 0 Å². The number of nitrogens with one attached hydrogen (secondary N) is 1. The lowest BCUT2D eigenvalue weighted by molar-refractivity contribution is 0.688. The van der Waals surface area contributed by atoms with E-state index in [1.165, 1.54) is 6.33 Å². The fraction of sp³-hybridized carbons (Fsp3) is 0.500. The molecule has 1 aliphatic rings. The third-order valence-corrected chi connectivity index (χ3v) is 2.71. The molecule has 12 heavy (non-hydrogen) atoms. The van der Waals surface area contributed by atoms with Gasteiger partial charge in [0.15, 0.2) is 0 Å². The van der Waals surface area contributed by atoms with Gasteiger partial charge in [0, 0.05) is 17.5 Å². The van der Waals surface area contributed by atoms with Crippen LogP contribution >= 0.6 is 11.6 Å². The van der Waals surface area contributed by atoms with E-state index in [1.54, 1.807) is 0 Å². The van der Waals surface area contributed by atoms with E-state index in [0.29, 0.717) is 17.1 Å². The predicted octanol–water partition coefficient (Wildman–Crippen LogP) is 2.05. The molecular weight excluding hydrogens is 174 g/mol. The largest absolute Gasteiger partial charge is 0.367 e. The molecule has 2 heterocycles. The smallest absolute Gasteiger partial charge is 0.138 e. The minimum absolute atomic E-state index is 0.397. The number of fused-ring (bicyclic) bond motifs is 1. The molecule has 1 N–H and O–H groups in total. The van der Waals surface area contributed by atoms with E-state index in [2.05, 4.69) is 29.1 Å². The van der Waals surface area contributed by atoms with Gasteiger partial charge in [-0.2, -0.15) is 0 Å². The Hall–Kier alpha value is -0.830. The molecule has 4 heteroatoms. The van der Waals surface area contributed by atoms with Crippen LogP contribution in [0, 0.1) is 0 Å². The molecule has 1 aromatic rings. The molecule has 0 aliphatic carbocycles. The molecule has 2 unspecified atom stereocenters. The SMILES string of the molecule is CC1Nc2ncnc(Cl)c2C1C. The number of rotatable bonds is 0. The maximum atomic E-state index is 5.94. The number of anilines is 1. The highest BCUT2D eigenvalue weighted by Crippen LogP contribution is 2.37. The average molecular weight is 184 g/mol. The van der Waals surface area contributed by atoms with E-state index in [-0.39, 0.29) is 0 Å². The van der Waals surface area contributed by atoms with Crippen LogP contribution in [0.25, 0.3) is 0 Å². The van der Waals surface area contributed by atoms with Crippen LogP contribution < -0.4 is 5.32 Å². The standard InChI is InChI=1S/C8H10ClN3/c1-4-5(2)12-8-6(4)7(9)10-3-11-8/h3-5H,1-2H3,(H,10,11,12). The van der Waals surface area contributed by atoms with Crippen LogP contribution in [0.3, 0.4) is 0 Å². The average Bonchev–Trinajstić information content (AvgIpc) is 2.29. The summed E-state index contributed by atoms with van der Waals surface area (Å²) in [5.41, 5.74) is 1.05. The molecule has 3 nitrogen and oxygen atoms in total. The molecular formula is C8H10ClN3. The number of hydrogen-bond donors (Lipinski definition) is 1. The van der Waals surface area contributed by atoms with Gasteiger partial charge in [0.2, 0.25) is 0 Å². The topological polar surface area (TPSA) is 37.8 Å². The van der Waals surface area contributed by atoms with Crippen molar-refractivity contribution in [2.75, 3.05) is 5.32 Å². The summed E-state index contributed by atoms with van der Waals surface area (Å²) in [7, 11) is 0. The zero-order valence-corrected chi connectivity index (χ0v) is 7.76. The van der Waals surface area contributed by atoms with Gasteiger partial charge in [-0.15, -0.1) is 0 Å². The number of nitrogens with zero attached hydrogens (tertiary/aromatic N) is 2. The minimum atomic E-state index is 0.397. The molecule has 2 rings (SSSR count). The lowest BCUT2D eigenvalue weighted by atomic mass is 10.0. The van der Waals surface area contributed by atoms with E-state index in [0.717, 1.165) is 11.4 Å². The second kappa shape index (κ2) is 2.59. The maximum Gasteiger partial charge on any atom is 0.138 e. The highest BCUT2D eigenvalue weighted by molar-refractivity contribution is 6.30. The van der Waals surface area contributed by atoms with Crippen molar-refractivity contribution in [3.05, 3.63) is 17.0 Å². The summed E-state index contributed by atoms with van der Waals surface area (Å²) in [5, 5.41) is 3.83. The van der Waals surface area contributed by atoms with Gasteiger partial charge in [-0.25, -0.2) is 9.97 Å². The molecule has 0 fully saturated rings. The third-order valence-electron chi connectivity index (χ3n) is 2.41. The maximum absolute atomic E-state index is 5.94. The van der Waals surface area contributed by atoms with E-state index >= 15 is 0 Å². The molecule has 0 saturated heterocycles. The van der Waals surface area contributed by atoms with Crippen LogP contribution in [-0.4, -0.2) is 16.0 Å². The van der Waals surface area contributed by atoms with Crippen molar-refractivity contribution in [3.8, 4) is 0 Å². The van der Waals surface area contributed by atoms with Gasteiger partial charge >= 0.3 is 0 Å². The number of aromatic nitrogens is 2. The van der Waals surface area contributed by atoms with Gasteiger partial charge in [0.05, 0.1) is 0 Å². The van der Waals surface area contributed by atoms with Gasteiger partial charge in [-0.3, -0.25) is 0 Å². The van der Waals surface area contributed by atoms with Crippen molar-refractivity contribution < 1.29 is 0 Å². The van der Waals surface area contributed by atoms with Crippen molar-refractivity contribution in [1.82, 2.24) is 9.97 Å². The Morgan fingerprint density at radius 3 is 2.83 bits per heavy atom. The van der Waals surface area contributed by atoms with Crippen LogP contribution in [-0.2, 0) is 0 Å². The Kier molecular flexibility index (Phi) is 1.68. The monoisotopic (exact) mass is 183 g/mol. The molecule has 0 amide bonds. The second-order valence-electron chi connectivity index (χ2n) is 3.15. The van der Waals surface area contributed by atoms with E-state index in [9.17, 15) is 0 Å². The van der Waals surface area contributed by atoms with Crippen molar-refractivity contribution in [3.63, 3.8) is 0 Å². The first-order chi connectivity index (χ1) is 5.70. The summed E-state index contributed by atoms with van der Waals surface area (Å²) in [5.74, 6) is 1.28. The third kappa shape index (κ3) is 0.966. The molecule has 0 bridgehead atoms. The van der Waals surface area contributed by atoms with E-state index in [4.69, 9.17) is 11.6 Å². The first kappa shape index (κ1) is 7.80. The molecule has 0 spiro atoms. The molecule has 0 radical (unpaired) electrons. The number of hydrogen-bond acceptors (Lipinski definition) is 3. The highest BCUT2D eigenvalue weighted by atomic mass is 35.5. The highest BCUT2D eigenvalue weighted by Gasteiger charge is 2.28. The predicted molar refractivity (Wildman–Crippen MR) is 48.5 cm³/mol. The Bertz CT molecular complexity index is 313. The summed E-state index contributed by atoms with van der Waals surface area (Å²) in [4.78, 5) is 8.06. The fourth-order valence-corrected chi connectivity index (χ4v) is 1.79. The lowest BCUT2D eigenvalue weighted by Gasteiger charge is -2.08. The molecule has 2 atom stereocenters. The van der Waals surface area contributed by atoms with Crippen molar-refractivity contribution in [1.29, 1.82) is 0 Å². The summed E-state index contributed by atoms with van der Waals surface area (Å²) in [6, 6.07) is 0.397. The normalized spacial score (nSPS) is 26.6. The van der Waals surface area contributed by atoms with Crippen molar-refractivity contribution >= 4 is 17.4 Å². The summed E-state index contributed by atoms with van der Waals surface area (Å²) in [6.07, 6.45) is 1.49. The zero-order valence-electron chi connectivity index (χ0n) is 7.00. The van der Waals surface area contributed by atoms with Crippen molar-refractivity contribution in [2.45, 2.75) is 25.8 Å². The van der Waals surface area contributed by atoms with Gasteiger partial charge in [0.1, 0.15) is 17.3 Å². The first-order valence-corrected chi connectivity index (χ1v) is 4.35. The van der Waals surface area contributed by atoms with Gasteiger partial charge in [0.25, 0.3) is 0 Å². The van der Waals surface area contributed by atoms with Crippen LogP contribution in [0.2, 0.25) is 5.15 Å². The van der Waals surface area contributed by atoms with E-state index < -0.39 is 0 Å². The Labute approximate surface area is 76.2 Å². The molecule has 1 aromatic heterocycles. The molecule has 1 aliphatic heterocycles. The minimum Gasteiger partial charge on any atom is -0.367 e. The van der Waals surface area contributed by atoms with Gasteiger partial charge < -0.3 is 5.32 Å². The van der Waals surface area contributed by atoms with Crippen LogP contribution in [0.15, 0.2) is 6.33 Å². The molecule has 64 valence electrons. The van der Waals surface area contributed by atoms with Crippen LogP contribution in [0.1, 0.15) is 25.3 Å². The van der Waals surface area contributed by atoms with Crippen LogP contribution in [0.4, 0.5) is 5.82 Å². The molecule has 0 saturated carbocycles. The Morgan fingerprint density at radius 1 is 1.42 bits per heavy atom. The second-order valence-corrected chi connectivity index (χ2v) is 3.51. The Morgan fingerprint density at radius 2 is 2.17 bits per heavy atom. The molecule has 0 aromatic carbocycles. The summed E-state index contributed by atoms with van der Waals surface area (Å²) in [6.45, 7) is 4.24. The lowest BCUT2D eigenvalue weighted by Crippen LogP contribution is -2.13. The number of halogens is 1. The summed E-state index contributed by atoms with van der Waals surface area (Å²) < 4.78 is 0. The van der Waals surface area contributed by atoms with Gasteiger partial charge in [-0.05, 0) is 6.92 Å². The van der Waals surface area contributed by atoms with Gasteiger partial charge in [-0.1, -0.05) is 18.5 Å². The summed E-state index contributed by atoms with van der Waals surface area (Å²) >= 11 is 5.94. The zero-order chi connectivity index (χ0) is 8.72. The first-order valence-electron chi connectivity index (χ1n) is 3.97. The quantitative estimate of drug-likeness (QED) is 0.626. The Balaban J connectivity index is 2.55. The van der Waals surface area contributed by atoms with Crippen LogP contribution in [0.5, 0.6) is 0 Å².